The molecule has 0 N–H and O–H groups in total. The first-order valence-corrected chi connectivity index (χ1v) is 49.1. The molecule has 16 aromatic rings. The summed E-state index contributed by atoms with van der Waals surface area (Å²) in [5, 5.41) is 19.1. The maximum absolute atomic E-state index is 14.3. The highest BCUT2D eigenvalue weighted by atomic mass is 19.2. The molecule has 2 fully saturated rings. The van der Waals surface area contributed by atoms with Crippen LogP contribution in [-0.2, 0) is 25.7 Å². The van der Waals surface area contributed by atoms with Crippen molar-refractivity contribution in [3.63, 3.8) is 0 Å². The van der Waals surface area contributed by atoms with E-state index in [2.05, 4.69) is 129 Å². The molecule has 2 saturated heterocycles. The summed E-state index contributed by atoms with van der Waals surface area (Å²) in [7, 11) is 3.30. The predicted octanol–water partition coefficient (Wildman–Crippen LogP) is 21.1. The van der Waals surface area contributed by atoms with Gasteiger partial charge in [-0.3, -0.25) is 0 Å². The van der Waals surface area contributed by atoms with E-state index in [4.69, 9.17) is 72.9 Å². The molecule has 8 aromatic carbocycles. The molecule has 0 saturated carbocycles. The van der Waals surface area contributed by atoms with E-state index in [0.29, 0.717) is 62.7 Å². The summed E-state index contributed by atoms with van der Waals surface area (Å²) < 4.78 is 87.3. The molecule has 0 spiro atoms. The van der Waals surface area contributed by atoms with Crippen LogP contribution in [0.5, 0.6) is 51.7 Å². The normalized spacial score (nSPS) is 13.3. The maximum Gasteiger partial charge on any atom is 0.200 e. The number of piperidine rings is 2. The van der Waals surface area contributed by atoms with Gasteiger partial charge in [-0.25, -0.2) is 42.4 Å². The van der Waals surface area contributed by atoms with E-state index in [-0.39, 0.29) is 24.9 Å². The molecule has 27 heteroatoms. The molecule has 0 bridgehead atoms. The first-order valence-electron chi connectivity index (χ1n) is 49.1. The monoisotopic (exact) mass is 1880 g/mol. The number of methoxy groups -OCH3 is 2. The van der Waals surface area contributed by atoms with Gasteiger partial charge in [0.1, 0.15) is 60.9 Å². The molecule has 8 aromatic heterocycles. The highest BCUT2D eigenvalue weighted by molar-refractivity contribution is 5.69. The van der Waals surface area contributed by atoms with Crippen molar-refractivity contribution in [1.82, 2.24) is 78.0 Å². The lowest BCUT2D eigenvalue weighted by atomic mass is 10.1. The van der Waals surface area contributed by atoms with Gasteiger partial charge in [0.05, 0.1) is 56.3 Å². The van der Waals surface area contributed by atoms with Crippen molar-refractivity contribution in [3.05, 3.63) is 305 Å². The lowest BCUT2D eigenvalue weighted by molar-refractivity contribution is 0.171. The molecule has 139 heavy (non-hydrogen) atoms. The number of aryl methyl sites for hydroxylation is 1. The van der Waals surface area contributed by atoms with E-state index in [0.717, 1.165) is 208 Å². The average molecular weight is 1880 g/mol. The van der Waals surface area contributed by atoms with Gasteiger partial charge in [-0.05, 0) is 321 Å². The van der Waals surface area contributed by atoms with Crippen molar-refractivity contribution in [2.75, 3.05) is 132 Å². The number of hydrogen-bond donors (Lipinski definition) is 0. The van der Waals surface area contributed by atoms with Crippen LogP contribution in [0.3, 0.4) is 0 Å². The second-order valence-electron chi connectivity index (χ2n) is 35.3. The lowest BCUT2D eigenvalue weighted by Crippen LogP contribution is -2.31. The van der Waals surface area contributed by atoms with Crippen LogP contribution in [-0.4, -0.2) is 216 Å². The van der Waals surface area contributed by atoms with Crippen molar-refractivity contribution >= 4 is 22.6 Å². The molecule has 0 radical (unpaired) electrons. The van der Waals surface area contributed by atoms with Gasteiger partial charge in [0.25, 0.3) is 0 Å². The molecule has 0 unspecified atom stereocenters. The molecule has 25 nitrogen and oxygen atoms in total. The number of likely N-dealkylation sites (tertiary alicyclic amines) is 2. The first-order chi connectivity index (χ1) is 68.1. The fourth-order valence-corrected chi connectivity index (χ4v) is 17.6. The van der Waals surface area contributed by atoms with E-state index in [1.54, 1.807) is 18.7 Å². The number of halogens is 2. The molecular formula is C112H128F2N16O9. The second kappa shape index (κ2) is 48.9. The Labute approximate surface area is 813 Å². The lowest BCUT2D eigenvalue weighted by Gasteiger charge is -2.26. The van der Waals surface area contributed by atoms with Crippen LogP contribution >= 0.6 is 0 Å². The first kappa shape index (κ1) is 98.2. The number of ether oxygens (including phenoxy) is 9. The summed E-state index contributed by atoms with van der Waals surface area (Å²) in [6.45, 7) is 30.9. The molecule has 3 aliphatic rings. The maximum atomic E-state index is 14.3. The summed E-state index contributed by atoms with van der Waals surface area (Å²) in [4.78, 5) is 28.5. The van der Waals surface area contributed by atoms with Crippen molar-refractivity contribution in [1.29, 1.82) is 0 Å². The van der Waals surface area contributed by atoms with E-state index >= 15 is 0 Å². The Bertz CT molecular complexity index is 6590. The standard InChI is InChI=1S/C30H36N4O2.C29H32N4O3.C27H32N4O2.C26H28F2N4O2/c1-23(2)36-27-16-12-25(13-17-27)28-8-6-9-30-31-29(32-34(28)30)22-24-10-14-26(15-11-24)35-21-7-20-33-18-4-3-5-19-33;1-2-14-32(15-3-1)16-5-17-34-24-11-8-22(9-12-24)20-28-30-29-7-4-6-25(33(29)31-28)23-10-13-26-27(21-23)36-19-18-35-26;1-5-30(6-2)16-17-33-25-15-10-21(18-20(25)3)19-26-28-27-9-7-8-24(31(27)29-26)22-11-13-23(32-4)14-12-22;1-4-31(5-2)13-14-34-23-16-18(15-21(27)26(23)28)17-24-29-25-8-6-7-22(32(25)30-24)19-9-11-20(33-3)12-10-19/h6,8-17,23H,3-5,7,18-22H2,1-2H3;4,6-13,21H,1-3,5,14-20H2;7-15,18H,5-6,16-17,19H2,1-4H3;6-12,15-16H,4-5,13-14,17H2,1-3H3. The Morgan fingerprint density at radius 3 is 1.14 bits per heavy atom. The van der Waals surface area contributed by atoms with E-state index < -0.39 is 11.6 Å². The van der Waals surface area contributed by atoms with E-state index in [1.807, 2.05) is 193 Å². The minimum absolute atomic E-state index is 0.0927. The van der Waals surface area contributed by atoms with Crippen LogP contribution in [0.2, 0.25) is 0 Å². The minimum Gasteiger partial charge on any atom is -0.497 e. The van der Waals surface area contributed by atoms with Gasteiger partial charge in [0.15, 0.2) is 69.0 Å². The minimum atomic E-state index is -0.979. The van der Waals surface area contributed by atoms with Crippen molar-refractivity contribution in [2.45, 2.75) is 132 Å². The SMILES string of the molecule is CC(C)Oc1ccc(-c2cccc3nc(Cc4ccc(OCCCN5CCCCC5)cc4)nn23)cc1.CCN(CC)CCOc1cc(Cc2nc3cccc(-c4ccc(OC)cc4)n3n2)cc(F)c1F.CCN(CC)CCOc1ccc(Cc2nc3cccc(-c4ccc(OC)cc4)n3n2)cc1C.c1cc(-c2ccc3c(c2)OCCO3)n2nc(Cc3ccc(OCCCN4CCCCC4)cc3)nc2c1. The summed E-state index contributed by atoms with van der Waals surface area (Å²) in [5.41, 5.74) is 16.3. The number of nitrogens with zero attached hydrogens (tertiary/aromatic N) is 16. The zero-order valence-corrected chi connectivity index (χ0v) is 81.5. The smallest absolute Gasteiger partial charge is 0.200 e. The number of aromatic nitrogens is 12. The quantitative estimate of drug-likeness (QED) is 0.0329. The molecule has 0 aliphatic carbocycles. The molecule has 0 amide bonds. The largest absolute Gasteiger partial charge is 0.497 e. The number of fused-ring (bicyclic) bond motifs is 5. The summed E-state index contributed by atoms with van der Waals surface area (Å²) in [6.07, 6.45) is 12.7. The van der Waals surface area contributed by atoms with Gasteiger partial charge in [-0.15, -0.1) is 0 Å². The van der Waals surface area contributed by atoms with E-state index in [9.17, 15) is 8.78 Å². The average Bonchev–Trinajstić information content (AvgIpc) is 1.77. The third-order valence-electron chi connectivity index (χ3n) is 25.1. The number of likely N-dealkylation sites (N-methyl/N-ethyl adjacent to an activating group) is 2. The van der Waals surface area contributed by atoms with E-state index in [1.165, 1.54) is 88.0 Å². The summed E-state index contributed by atoms with van der Waals surface area (Å²) >= 11 is 0. The number of pyridine rings is 4. The molecule has 0 atom stereocenters. The zero-order chi connectivity index (χ0) is 96.2. The van der Waals surface area contributed by atoms with Crippen LogP contribution < -0.4 is 42.6 Å². The highest BCUT2D eigenvalue weighted by Crippen LogP contribution is 2.37. The van der Waals surface area contributed by atoms with Gasteiger partial charge in [0.2, 0.25) is 5.82 Å². The number of rotatable bonds is 38. The third kappa shape index (κ3) is 26.7. The van der Waals surface area contributed by atoms with Gasteiger partial charge in [-0.2, -0.15) is 24.8 Å². The molecule has 11 heterocycles. The van der Waals surface area contributed by atoms with Crippen molar-refractivity contribution in [2.24, 2.45) is 0 Å². The Hall–Kier alpha value is -13.9. The van der Waals surface area contributed by atoms with Crippen LogP contribution in [0.4, 0.5) is 8.78 Å². The van der Waals surface area contributed by atoms with Crippen LogP contribution in [0.25, 0.3) is 67.6 Å². The molecule has 19 rings (SSSR count). The summed E-state index contributed by atoms with van der Waals surface area (Å²) in [6, 6.07) is 79.4. The Morgan fingerprint density at radius 2 is 0.734 bits per heavy atom. The third-order valence-corrected chi connectivity index (χ3v) is 25.1. The van der Waals surface area contributed by atoms with Crippen molar-refractivity contribution < 1.29 is 51.4 Å². The van der Waals surface area contributed by atoms with Gasteiger partial charge in [0, 0.05) is 74.1 Å². The Morgan fingerprint density at radius 1 is 0.360 bits per heavy atom. The fourth-order valence-electron chi connectivity index (χ4n) is 17.6. The van der Waals surface area contributed by atoms with Crippen molar-refractivity contribution in [3.8, 4) is 96.8 Å². The highest BCUT2D eigenvalue weighted by Gasteiger charge is 2.22. The second-order valence-corrected chi connectivity index (χ2v) is 35.3. The molecule has 3 aliphatic heterocycles. The zero-order valence-electron chi connectivity index (χ0n) is 81.5. The number of hydrogen-bond acceptors (Lipinski definition) is 21. The molecule has 724 valence electrons. The Kier molecular flexibility index (Phi) is 34.6. The fraction of sp³-hybridized carbons (Fsp3) is 0.357. The molecular weight excluding hydrogens is 1750 g/mol. The van der Waals surface area contributed by atoms with Crippen LogP contribution in [0.15, 0.2) is 243 Å². The topological polar surface area (TPSA) is 217 Å². The Balaban J connectivity index is 0.000000134. The van der Waals surface area contributed by atoms with Crippen LogP contribution in [0.1, 0.15) is 144 Å². The predicted molar refractivity (Wildman–Crippen MR) is 543 cm³/mol. The van der Waals surface area contributed by atoms with Gasteiger partial charge < -0.3 is 62.2 Å². The van der Waals surface area contributed by atoms with Gasteiger partial charge >= 0.3 is 0 Å². The van der Waals surface area contributed by atoms with Crippen LogP contribution in [0, 0.1) is 18.6 Å². The number of benzene rings is 8. The summed E-state index contributed by atoms with van der Waals surface area (Å²) in [5.74, 6) is 7.68. The van der Waals surface area contributed by atoms with Gasteiger partial charge in [-0.1, -0.05) is 101 Å².